The van der Waals surface area contributed by atoms with Gasteiger partial charge in [-0.2, -0.15) is 0 Å². The fourth-order valence-corrected chi connectivity index (χ4v) is 1.84. The molecular weight excluding hydrogens is 275 g/mol. The predicted molar refractivity (Wildman–Crippen MR) is 71.1 cm³/mol. The summed E-state index contributed by atoms with van der Waals surface area (Å²) in [7, 11) is 0. The number of rotatable bonds is 2. The van der Waals surface area contributed by atoms with Gasteiger partial charge in [-0.3, -0.25) is 0 Å². The lowest BCUT2D eigenvalue weighted by atomic mass is 10.0. The van der Waals surface area contributed by atoms with Crippen LogP contribution in [0.4, 0.5) is 5.82 Å². The zero-order chi connectivity index (χ0) is 13.3. The molecule has 1 aromatic carbocycles. The minimum atomic E-state index is -1.08. The summed E-state index contributed by atoms with van der Waals surface area (Å²) in [4.78, 5) is 15.0. The van der Waals surface area contributed by atoms with Crippen molar-refractivity contribution < 1.29 is 9.90 Å². The van der Waals surface area contributed by atoms with E-state index in [4.69, 9.17) is 34.0 Å². The van der Waals surface area contributed by atoms with Gasteiger partial charge in [0.15, 0.2) is 0 Å². The van der Waals surface area contributed by atoms with Crippen molar-refractivity contribution in [1.82, 2.24) is 4.98 Å². The third-order valence-electron chi connectivity index (χ3n) is 2.39. The number of nitrogens with zero attached hydrogens (tertiary/aromatic N) is 1. The SMILES string of the molecule is Nc1cc(C(=O)O)c(-c2ccc(Cl)c(Cl)c2)cn1. The van der Waals surface area contributed by atoms with Gasteiger partial charge in [-0.25, -0.2) is 9.78 Å². The quantitative estimate of drug-likeness (QED) is 0.886. The summed E-state index contributed by atoms with van der Waals surface area (Å²) in [6.07, 6.45) is 1.40. The molecule has 2 aromatic rings. The van der Waals surface area contributed by atoms with Gasteiger partial charge in [-0.1, -0.05) is 29.3 Å². The molecule has 0 bridgehead atoms. The summed E-state index contributed by atoms with van der Waals surface area (Å²) in [6.45, 7) is 0. The maximum absolute atomic E-state index is 11.2. The number of carboxylic acids is 1. The number of pyridine rings is 1. The van der Waals surface area contributed by atoms with Gasteiger partial charge < -0.3 is 10.8 Å². The van der Waals surface area contributed by atoms with Crippen molar-refractivity contribution in [3.63, 3.8) is 0 Å². The molecule has 0 aliphatic rings. The average Bonchev–Trinajstić information content (AvgIpc) is 2.32. The molecule has 1 heterocycles. The number of anilines is 1. The Labute approximate surface area is 113 Å². The van der Waals surface area contributed by atoms with Crippen molar-refractivity contribution in [2.45, 2.75) is 0 Å². The maximum atomic E-state index is 11.2. The number of benzene rings is 1. The van der Waals surface area contributed by atoms with Crippen LogP contribution < -0.4 is 5.73 Å². The molecule has 3 N–H and O–H groups in total. The van der Waals surface area contributed by atoms with E-state index in [0.717, 1.165) is 0 Å². The van der Waals surface area contributed by atoms with Crippen LogP contribution in [0.5, 0.6) is 0 Å². The average molecular weight is 283 g/mol. The number of nitrogens with two attached hydrogens (primary N) is 1. The summed E-state index contributed by atoms with van der Waals surface area (Å²) < 4.78 is 0. The highest BCUT2D eigenvalue weighted by Crippen LogP contribution is 2.30. The smallest absolute Gasteiger partial charge is 0.336 e. The van der Waals surface area contributed by atoms with Crippen molar-refractivity contribution in [2.75, 3.05) is 5.73 Å². The second-order valence-electron chi connectivity index (χ2n) is 3.59. The number of carboxylic acid groups (broad SMARTS) is 1. The van der Waals surface area contributed by atoms with Crippen molar-refractivity contribution >= 4 is 35.0 Å². The van der Waals surface area contributed by atoms with E-state index >= 15 is 0 Å². The van der Waals surface area contributed by atoms with E-state index in [2.05, 4.69) is 4.98 Å². The van der Waals surface area contributed by atoms with E-state index in [9.17, 15) is 4.79 Å². The van der Waals surface area contributed by atoms with E-state index in [1.54, 1.807) is 18.2 Å². The third kappa shape index (κ3) is 2.39. The van der Waals surface area contributed by atoms with Gasteiger partial charge >= 0.3 is 5.97 Å². The number of nitrogen functional groups attached to an aromatic ring is 1. The first-order valence-corrected chi connectivity index (χ1v) is 5.69. The number of aromatic nitrogens is 1. The standard InChI is InChI=1S/C12H8Cl2N2O2/c13-9-2-1-6(3-10(9)14)8-5-16-11(15)4-7(8)12(17)18/h1-5H,(H2,15,16)(H,17,18). The van der Waals surface area contributed by atoms with Crippen LogP contribution in [0, 0.1) is 0 Å². The van der Waals surface area contributed by atoms with Crippen molar-refractivity contribution in [1.29, 1.82) is 0 Å². The van der Waals surface area contributed by atoms with E-state index in [0.29, 0.717) is 21.2 Å². The minimum absolute atomic E-state index is 0.0703. The first-order chi connectivity index (χ1) is 8.49. The number of aromatic carboxylic acids is 1. The minimum Gasteiger partial charge on any atom is -0.478 e. The Kier molecular flexibility index (Phi) is 3.41. The van der Waals surface area contributed by atoms with Gasteiger partial charge in [0, 0.05) is 11.8 Å². The van der Waals surface area contributed by atoms with Crippen molar-refractivity contribution in [3.8, 4) is 11.1 Å². The summed E-state index contributed by atoms with van der Waals surface area (Å²) in [5, 5.41) is 9.89. The van der Waals surface area contributed by atoms with Gasteiger partial charge in [-0.05, 0) is 23.8 Å². The normalized spacial score (nSPS) is 10.3. The predicted octanol–water partition coefficient (Wildman–Crippen LogP) is 3.34. The second-order valence-corrected chi connectivity index (χ2v) is 4.40. The maximum Gasteiger partial charge on any atom is 0.336 e. The van der Waals surface area contributed by atoms with Crippen LogP contribution in [0.15, 0.2) is 30.5 Å². The lowest BCUT2D eigenvalue weighted by molar-refractivity contribution is 0.0697. The summed E-state index contributed by atoms with van der Waals surface area (Å²) in [5.74, 6) is -0.929. The Morgan fingerprint density at radius 1 is 1.22 bits per heavy atom. The molecule has 0 fully saturated rings. The molecule has 0 radical (unpaired) electrons. The fourth-order valence-electron chi connectivity index (χ4n) is 1.54. The number of hydrogen-bond acceptors (Lipinski definition) is 3. The van der Waals surface area contributed by atoms with Crippen molar-refractivity contribution in [3.05, 3.63) is 46.1 Å². The van der Waals surface area contributed by atoms with Gasteiger partial charge in [0.25, 0.3) is 0 Å². The molecule has 1 aromatic heterocycles. The molecule has 6 heteroatoms. The second kappa shape index (κ2) is 4.84. The Morgan fingerprint density at radius 2 is 1.94 bits per heavy atom. The third-order valence-corrected chi connectivity index (χ3v) is 3.13. The summed E-state index contributed by atoms with van der Waals surface area (Å²) in [6, 6.07) is 6.17. The Morgan fingerprint density at radius 3 is 2.56 bits per heavy atom. The number of hydrogen-bond donors (Lipinski definition) is 2. The largest absolute Gasteiger partial charge is 0.478 e. The van der Waals surface area contributed by atoms with Crippen LogP contribution in [0.25, 0.3) is 11.1 Å². The first kappa shape index (κ1) is 12.7. The van der Waals surface area contributed by atoms with Gasteiger partial charge in [0.05, 0.1) is 15.6 Å². The van der Waals surface area contributed by atoms with Gasteiger partial charge in [0.2, 0.25) is 0 Å². The molecule has 4 nitrogen and oxygen atoms in total. The molecule has 0 aliphatic heterocycles. The van der Waals surface area contributed by atoms with Gasteiger partial charge in [-0.15, -0.1) is 0 Å². The number of halogens is 2. The monoisotopic (exact) mass is 282 g/mol. The zero-order valence-corrected chi connectivity index (χ0v) is 10.5. The molecule has 0 spiro atoms. The van der Waals surface area contributed by atoms with E-state index in [1.807, 2.05) is 0 Å². The van der Waals surface area contributed by atoms with Crippen LogP contribution in [-0.2, 0) is 0 Å². The van der Waals surface area contributed by atoms with Crippen LogP contribution in [0.3, 0.4) is 0 Å². The number of carbonyl (C=O) groups is 1. The molecule has 18 heavy (non-hydrogen) atoms. The molecule has 0 saturated heterocycles. The lowest BCUT2D eigenvalue weighted by Gasteiger charge is -2.07. The van der Waals surface area contributed by atoms with Crippen LogP contribution >= 0.6 is 23.2 Å². The lowest BCUT2D eigenvalue weighted by Crippen LogP contribution is -2.02. The van der Waals surface area contributed by atoms with Crippen LogP contribution in [-0.4, -0.2) is 16.1 Å². The van der Waals surface area contributed by atoms with Crippen molar-refractivity contribution in [2.24, 2.45) is 0 Å². The van der Waals surface area contributed by atoms with Gasteiger partial charge in [0.1, 0.15) is 5.82 Å². The van der Waals surface area contributed by atoms with Crippen LogP contribution in [0.1, 0.15) is 10.4 Å². The van der Waals surface area contributed by atoms with E-state index < -0.39 is 5.97 Å². The first-order valence-electron chi connectivity index (χ1n) is 4.93. The van der Waals surface area contributed by atoms with Crippen LogP contribution in [0.2, 0.25) is 10.0 Å². The summed E-state index contributed by atoms with van der Waals surface area (Å²) in [5.41, 5.74) is 6.61. The highest BCUT2D eigenvalue weighted by Gasteiger charge is 2.13. The Bertz CT molecular complexity index is 629. The highest BCUT2D eigenvalue weighted by molar-refractivity contribution is 6.42. The molecule has 0 atom stereocenters. The molecule has 0 unspecified atom stereocenters. The molecule has 92 valence electrons. The molecule has 0 amide bonds. The fraction of sp³-hybridized carbons (Fsp3) is 0. The molecule has 0 aliphatic carbocycles. The van der Waals surface area contributed by atoms with E-state index in [-0.39, 0.29) is 11.4 Å². The highest BCUT2D eigenvalue weighted by atomic mass is 35.5. The molecule has 0 saturated carbocycles. The summed E-state index contributed by atoms with van der Waals surface area (Å²) >= 11 is 11.7. The topological polar surface area (TPSA) is 76.2 Å². The zero-order valence-electron chi connectivity index (χ0n) is 9.02. The Balaban J connectivity index is 2.63. The molecular formula is C12H8Cl2N2O2. The molecule has 2 rings (SSSR count). The Hall–Kier alpha value is -1.78. The van der Waals surface area contributed by atoms with E-state index in [1.165, 1.54) is 12.3 Å².